The molecule has 0 N–H and O–H groups in total. The molecule has 1 aromatic carbocycles. The van der Waals surface area contributed by atoms with Crippen molar-refractivity contribution in [1.82, 2.24) is 9.55 Å². The highest BCUT2D eigenvalue weighted by atomic mass is 16.1. The number of aromatic nitrogens is 2. The van der Waals surface area contributed by atoms with E-state index in [1.807, 2.05) is 54.0 Å². The number of carbonyl (C=O) groups excluding carboxylic acids is 1. The molecule has 0 aliphatic rings. The summed E-state index contributed by atoms with van der Waals surface area (Å²) in [4.78, 5) is 16.3. The van der Waals surface area contributed by atoms with E-state index in [-0.39, 0.29) is 5.78 Å². The van der Waals surface area contributed by atoms with Crippen LogP contribution in [0.5, 0.6) is 0 Å². The smallest absolute Gasteiger partial charge is 0.162 e. The molecule has 0 saturated heterocycles. The lowest BCUT2D eigenvalue weighted by Gasteiger charge is -2.06. The molecule has 0 radical (unpaired) electrons. The predicted molar refractivity (Wildman–Crippen MR) is 75.8 cm³/mol. The van der Waals surface area contributed by atoms with Crippen LogP contribution in [0.2, 0.25) is 0 Å². The molecule has 0 aliphatic carbocycles. The Morgan fingerprint density at radius 1 is 1.11 bits per heavy atom. The molecule has 2 aromatic heterocycles. The van der Waals surface area contributed by atoms with Gasteiger partial charge in [-0.3, -0.25) is 9.36 Å². The normalized spacial score (nSPS) is 10.8. The molecule has 19 heavy (non-hydrogen) atoms. The molecule has 0 saturated carbocycles. The van der Waals surface area contributed by atoms with Crippen molar-refractivity contribution in [2.24, 2.45) is 0 Å². The van der Waals surface area contributed by atoms with Gasteiger partial charge in [-0.15, -0.1) is 0 Å². The van der Waals surface area contributed by atoms with E-state index >= 15 is 0 Å². The van der Waals surface area contributed by atoms with Crippen molar-refractivity contribution in [3.05, 3.63) is 59.9 Å². The van der Waals surface area contributed by atoms with E-state index in [0.717, 1.165) is 28.0 Å². The number of Topliss-reactive ketones (excluding diaryl/α,β-unsaturated/α-hetero) is 1. The number of pyridine rings is 1. The number of hydrogen-bond acceptors (Lipinski definition) is 2. The SMILES string of the molecule is CC(=O)c1c(C)n(-c2ccccn2)c2ccccc12. The number of fused-ring (bicyclic) bond motifs is 1. The van der Waals surface area contributed by atoms with Gasteiger partial charge < -0.3 is 0 Å². The molecule has 0 amide bonds. The maximum atomic E-state index is 11.9. The van der Waals surface area contributed by atoms with Crippen molar-refractivity contribution in [3.63, 3.8) is 0 Å². The number of ketones is 1. The Balaban J connectivity index is 2.43. The summed E-state index contributed by atoms with van der Waals surface area (Å²) in [5.74, 6) is 0.923. The number of hydrogen-bond donors (Lipinski definition) is 0. The Morgan fingerprint density at radius 2 is 1.84 bits per heavy atom. The molecular formula is C16H14N2O. The Bertz CT molecular complexity index is 757. The van der Waals surface area contributed by atoms with Gasteiger partial charge in [0.05, 0.1) is 5.52 Å². The molecule has 2 heterocycles. The first-order valence-corrected chi connectivity index (χ1v) is 6.22. The van der Waals surface area contributed by atoms with Gasteiger partial charge in [-0.25, -0.2) is 4.98 Å². The number of rotatable bonds is 2. The fourth-order valence-electron chi connectivity index (χ4n) is 2.59. The molecule has 3 rings (SSSR count). The van der Waals surface area contributed by atoms with Crippen LogP contribution in [0.1, 0.15) is 23.0 Å². The van der Waals surface area contributed by atoms with Gasteiger partial charge in [0.25, 0.3) is 0 Å². The molecule has 0 fully saturated rings. The van der Waals surface area contributed by atoms with Gasteiger partial charge >= 0.3 is 0 Å². The second kappa shape index (κ2) is 4.35. The Kier molecular flexibility index (Phi) is 2.67. The minimum absolute atomic E-state index is 0.0865. The van der Waals surface area contributed by atoms with Crippen molar-refractivity contribution in [2.75, 3.05) is 0 Å². The molecular weight excluding hydrogens is 236 g/mol. The number of benzene rings is 1. The lowest BCUT2D eigenvalue weighted by atomic mass is 10.1. The van der Waals surface area contributed by atoms with Gasteiger partial charge in [-0.1, -0.05) is 24.3 Å². The molecule has 0 aliphatic heterocycles. The van der Waals surface area contributed by atoms with E-state index < -0.39 is 0 Å². The third-order valence-corrected chi connectivity index (χ3v) is 3.34. The Morgan fingerprint density at radius 3 is 2.53 bits per heavy atom. The fraction of sp³-hybridized carbons (Fsp3) is 0.125. The molecule has 3 aromatic rings. The summed E-state index contributed by atoms with van der Waals surface area (Å²) >= 11 is 0. The second-order valence-electron chi connectivity index (χ2n) is 4.56. The van der Waals surface area contributed by atoms with Crippen molar-refractivity contribution < 1.29 is 4.79 Å². The van der Waals surface area contributed by atoms with Crippen LogP contribution < -0.4 is 0 Å². The van der Waals surface area contributed by atoms with Crippen LogP contribution in [0, 0.1) is 6.92 Å². The van der Waals surface area contributed by atoms with Crippen molar-refractivity contribution in [2.45, 2.75) is 13.8 Å². The largest absolute Gasteiger partial charge is 0.298 e. The number of nitrogens with zero attached hydrogens (tertiary/aromatic N) is 2. The summed E-state index contributed by atoms with van der Waals surface area (Å²) in [5.41, 5.74) is 2.73. The predicted octanol–water partition coefficient (Wildman–Crippen LogP) is 3.54. The first-order chi connectivity index (χ1) is 9.20. The van der Waals surface area contributed by atoms with E-state index in [1.165, 1.54) is 0 Å². The Hall–Kier alpha value is -2.42. The molecule has 0 bridgehead atoms. The van der Waals surface area contributed by atoms with E-state index in [9.17, 15) is 4.79 Å². The minimum atomic E-state index is 0.0865. The van der Waals surface area contributed by atoms with Crippen molar-refractivity contribution in [1.29, 1.82) is 0 Å². The zero-order valence-electron chi connectivity index (χ0n) is 10.9. The van der Waals surface area contributed by atoms with Crippen molar-refractivity contribution in [3.8, 4) is 5.82 Å². The molecule has 3 nitrogen and oxygen atoms in total. The average Bonchev–Trinajstić information content (AvgIpc) is 2.71. The molecule has 0 unspecified atom stereocenters. The van der Waals surface area contributed by atoms with Crippen LogP contribution >= 0.6 is 0 Å². The first-order valence-electron chi connectivity index (χ1n) is 6.22. The summed E-state index contributed by atoms with van der Waals surface area (Å²) in [5, 5.41) is 0.984. The van der Waals surface area contributed by atoms with Crippen LogP contribution in [0.25, 0.3) is 16.7 Å². The van der Waals surface area contributed by atoms with E-state index in [2.05, 4.69) is 4.98 Å². The number of carbonyl (C=O) groups is 1. The molecule has 0 spiro atoms. The highest BCUT2D eigenvalue weighted by Gasteiger charge is 2.17. The quantitative estimate of drug-likeness (QED) is 0.652. The summed E-state index contributed by atoms with van der Waals surface area (Å²) < 4.78 is 2.03. The minimum Gasteiger partial charge on any atom is -0.298 e. The van der Waals surface area contributed by atoms with Crippen LogP contribution in [-0.2, 0) is 0 Å². The van der Waals surface area contributed by atoms with Gasteiger partial charge in [-0.05, 0) is 32.0 Å². The van der Waals surface area contributed by atoms with Gasteiger partial charge in [0.1, 0.15) is 5.82 Å². The fourth-order valence-corrected chi connectivity index (χ4v) is 2.59. The maximum absolute atomic E-state index is 11.9. The summed E-state index contributed by atoms with van der Waals surface area (Å²) in [6.45, 7) is 3.57. The van der Waals surface area contributed by atoms with Crippen molar-refractivity contribution >= 4 is 16.7 Å². The van der Waals surface area contributed by atoms with E-state index in [4.69, 9.17) is 0 Å². The van der Waals surface area contributed by atoms with Gasteiger partial charge in [0.2, 0.25) is 0 Å². The third-order valence-electron chi connectivity index (χ3n) is 3.34. The van der Waals surface area contributed by atoms with Gasteiger partial charge in [0.15, 0.2) is 5.78 Å². The maximum Gasteiger partial charge on any atom is 0.162 e. The average molecular weight is 250 g/mol. The molecule has 94 valence electrons. The van der Waals surface area contributed by atoms with Crippen LogP contribution in [0.15, 0.2) is 48.7 Å². The zero-order chi connectivity index (χ0) is 13.4. The summed E-state index contributed by atoms with van der Waals surface area (Å²) in [6.07, 6.45) is 1.76. The third kappa shape index (κ3) is 1.74. The standard InChI is InChI=1S/C16H14N2O/c1-11-16(12(2)19)13-7-3-4-8-14(13)18(11)15-9-5-6-10-17-15/h3-10H,1-2H3. The molecule has 0 atom stereocenters. The second-order valence-corrected chi connectivity index (χ2v) is 4.56. The number of para-hydroxylation sites is 1. The first kappa shape index (κ1) is 11.7. The Labute approximate surface area is 111 Å². The highest BCUT2D eigenvalue weighted by Crippen LogP contribution is 2.28. The zero-order valence-corrected chi connectivity index (χ0v) is 10.9. The van der Waals surface area contributed by atoms with Gasteiger partial charge in [0, 0.05) is 22.8 Å². The monoisotopic (exact) mass is 250 g/mol. The topological polar surface area (TPSA) is 34.9 Å². The van der Waals surface area contributed by atoms with E-state index in [1.54, 1.807) is 13.1 Å². The molecule has 3 heteroatoms. The van der Waals surface area contributed by atoms with Gasteiger partial charge in [-0.2, -0.15) is 0 Å². The van der Waals surface area contributed by atoms with Crippen LogP contribution in [0.3, 0.4) is 0 Å². The summed E-state index contributed by atoms with van der Waals surface area (Å²) in [7, 11) is 0. The van der Waals surface area contributed by atoms with Crippen LogP contribution in [0.4, 0.5) is 0 Å². The van der Waals surface area contributed by atoms with E-state index in [0.29, 0.717) is 0 Å². The van der Waals surface area contributed by atoms with Crippen LogP contribution in [-0.4, -0.2) is 15.3 Å². The lowest BCUT2D eigenvalue weighted by Crippen LogP contribution is -2.01. The lowest BCUT2D eigenvalue weighted by molar-refractivity contribution is 0.101. The summed E-state index contributed by atoms with van der Waals surface area (Å²) in [6, 6.07) is 13.7. The highest BCUT2D eigenvalue weighted by molar-refractivity contribution is 6.08.